The minimum absolute atomic E-state index is 0.112. The van der Waals surface area contributed by atoms with Crippen LogP contribution in [0.15, 0.2) is 79.0 Å². The Kier molecular flexibility index (Phi) is 9.83. The Bertz CT molecular complexity index is 2750. The van der Waals surface area contributed by atoms with E-state index in [1.54, 1.807) is 11.1 Å². The van der Waals surface area contributed by atoms with Crippen LogP contribution in [0.25, 0.3) is 44.2 Å². The lowest BCUT2D eigenvalue weighted by Crippen LogP contribution is -2.52. The molecule has 10 rings (SSSR count). The van der Waals surface area contributed by atoms with E-state index in [1.807, 2.05) is 55.1 Å². The molecular weight excluding hydrogens is 789 g/mol. The molecule has 1 unspecified atom stereocenters. The van der Waals surface area contributed by atoms with Crippen molar-refractivity contribution >= 4 is 45.8 Å². The summed E-state index contributed by atoms with van der Waals surface area (Å²) in [6, 6.07) is 21.9. The van der Waals surface area contributed by atoms with Gasteiger partial charge in [-0.25, -0.2) is 19.6 Å². The molecule has 62 heavy (non-hydrogen) atoms. The van der Waals surface area contributed by atoms with Crippen molar-refractivity contribution in [3.8, 4) is 28.1 Å². The zero-order chi connectivity index (χ0) is 42.8. The zero-order valence-corrected chi connectivity index (χ0v) is 34.9. The van der Waals surface area contributed by atoms with E-state index in [-0.39, 0.29) is 35.9 Å². The molecule has 15 heteroatoms. The van der Waals surface area contributed by atoms with Crippen molar-refractivity contribution in [2.24, 2.45) is 11.8 Å². The summed E-state index contributed by atoms with van der Waals surface area (Å²) in [5.41, 5.74) is 7.26. The smallest absolute Gasteiger partial charge is 0.407 e. The number of carbonyl (C=O) groups excluding carboxylic acids is 4. The van der Waals surface area contributed by atoms with Crippen LogP contribution in [0.5, 0.6) is 5.75 Å². The van der Waals surface area contributed by atoms with Gasteiger partial charge in [0.05, 0.1) is 49.2 Å². The molecule has 0 bridgehead atoms. The molecule has 3 aliphatic heterocycles. The maximum Gasteiger partial charge on any atom is 0.407 e. The average molecular weight is 837 g/mol. The summed E-state index contributed by atoms with van der Waals surface area (Å²) in [7, 11) is 2.58. The number of alkyl carbamates (subject to hydrolysis) is 2. The maximum absolute atomic E-state index is 14.0. The van der Waals surface area contributed by atoms with Gasteiger partial charge in [-0.05, 0) is 89.4 Å². The number of nitrogens with one attached hydrogen (secondary N) is 4. The molecule has 3 fully saturated rings. The summed E-state index contributed by atoms with van der Waals surface area (Å²) in [5.74, 6) is 2.17. The number of likely N-dealkylation sites (tertiary alicyclic amines) is 2. The van der Waals surface area contributed by atoms with Crippen molar-refractivity contribution in [3.63, 3.8) is 0 Å². The highest BCUT2D eigenvalue weighted by Gasteiger charge is 2.56. The molecule has 2 aromatic heterocycles. The van der Waals surface area contributed by atoms with E-state index in [0.29, 0.717) is 30.5 Å². The van der Waals surface area contributed by atoms with Crippen LogP contribution in [0, 0.1) is 11.8 Å². The molecule has 318 valence electrons. The highest BCUT2D eigenvalue weighted by atomic mass is 16.5. The molecule has 4 aliphatic rings. The Hall–Kier alpha value is -6.90. The third kappa shape index (κ3) is 6.85. The van der Waals surface area contributed by atoms with E-state index in [0.717, 1.165) is 87.0 Å². The van der Waals surface area contributed by atoms with Crippen LogP contribution < -0.4 is 15.4 Å². The molecule has 4 amide bonds. The number of aromatic nitrogens is 4. The molecule has 2 saturated heterocycles. The molecule has 5 heterocycles. The van der Waals surface area contributed by atoms with Crippen molar-refractivity contribution in [1.82, 2.24) is 40.4 Å². The van der Waals surface area contributed by atoms with Crippen molar-refractivity contribution in [2.45, 2.75) is 76.3 Å². The predicted molar refractivity (Wildman–Crippen MR) is 230 cm³/mol. The van der Waals surface area contributed by atoms with Gasteiger partial charge in [-0.2, -0.15) is 0 Å². The van der Waals surface area contributed by atoms with Crippen LogP contribution in [0.3, 0.4) is 0 Å². The molecule has 0 spiro atoms. The summed E-state index contributed by atoms with van der Waals surface area (Å²) in [4.78, 5) is 73.1. The molecule has 0 radical (unpaired) electrons. The van der Waals surface area contributed by atoms with E-state index >= 15 is 0 Å². The molecule has 4 aromatic carbocycles. The van der Waals surface area contributed by atoms with Crippen LogP contribution in [0.1, 0.15) is 80.4 Å². The number of ether oxygens (including phenoxy) is 3. The van der Waals surface area contributed by atoms with Gasteiger partial charge in [0, 0.05) is 23.5 Å². The summed E-state index contributed by atoms with van der Waals surface area (Å²) in [6.45, 7) is 4.76. The summed E-state index contributed by atoms with van der Waals surface area (Å²) >= 11 is 0. The maximum atomic E-state index is 14.0. The number of carbonyl (C=O) groups is 4. The lowest BCUT2D eigenvalue weighted by atomic mass is 9.92. The fourth-order valence-corrected chi connectivity index (χ4v) is 9.75. The molecule has 1 aliphatic carbocycles. The van der Waals surface area contributed by atoms with Crippen LogP contribution >= 0.6 is 0 Å². The Morgan fingerprint density at radius 1 is 0.855 bits per heavy atom. The number of hydrogen-bond acceptors (Lipinski definition) is 9. The van der Waals surface area contributed by atoms with E-state index in [2.05, 4.69) is 57.0 Å². The summed E-state index contributed by atoms with van der Waals surface area (Å²) < 4.78 is 16.1. The second-order valence-electron chi connectivity index (χ2n) is 17.1. The fourth-order valence-electron chi connectivity index (χ4n) is 9.75. The summed E-state index contributed by atoms with van der Waals surface area (Å²) in [6.07, 6.45) is 3.83. The van der Waals surface area contributed by atoms with Gasteiger partial charge in [0.1, 0.15) is 36.1 Å². The minimum Gasteiger partial charge on any atom is -0.488 e. The summed E-state index contributed by atoms with van der Waals surface area (Å²) in [5, 5.41) is 7.45. The molecule has 6 aromatic rings. The lowest BCUT2D eigenvalue weighted by molar-refractivity contribution is -0.137. The first-order chi connectivity index (χ1) is 30.1. The van der Waals surface area contributed by atoms with Crippen molar-refractivity contribution in [3.05, 3.63) is 102 Å². The van der Waals surface area contributed by atoms with Gasteiger partial charge in [0.15, 0.2) is 0 Å². The first-order valence-corrected chi connectivity index (χ1v) is 21.2. The van der Waals surface area contributed by atoms with E-state index in [9.17, 15) is 19.2 Å². The number of imidazole rings is 2. The molecule has 1 saturated carbocycles. The SMILES string of the molecule is COC(=O)NC(C(=O)N1CCC[C@H]1c1ncc(-c2ccc3c(c2)COc2cc4c(ccc5[nH]c([C@@H]6C[C@H]7C[C@H]7N6C(=O)[C@@H](NC(=O)OC)C(C)C)nc54)cc2-3)[nH]1)c1ccccc1. The number of piperidine rings is 1. The number of amides is 4. The van der Waals surface area contributed by atoms with E-state index < -0.39 is 24.3 Å². The fraction of sp³-hybridized carbons (Fsp3) is 0.362. The van der Waals surface area contributed by atoms with E-state index in [1.165, 1.54) is 14.2 Å². The van der Waals surface area contributed by atoms with Gasteiger partial charge < -0.3 is 44.6 Å². The Balaban J connectivity index is 0.896. The van der Waals surface area contributed by atoms with Crippen molar-refractivity contribution in [2.75, 3.05) is 20.8 Å². The highest BCUT2D eigenvalue weighted by Crippen LogP contribution is 2.54. The molecular formula is C47H48N8O7. The van der Waals surface area contributed by atoms with Gasteiger partial charge in [0.2, 0.25) is 5.91 Å². The average Bonchev–Trinajstić information content (AvgIpc) is 3.81. The number of benzene rings is 4. The Labute approximate surface area is 357 Å². The monoisotopic (exact) mass is 836 g/mol. The van der Waals surface area contributed by atoms with Crippen LogP contribution in [0.4, 0.5) is 9.59 Å². The largest absolute Gasteiger partial charge is 0.488 e. The number of aromatic amines is 2. The van der Waals surface area contributed by atoms with Gasteiger partial charge in [0.25, 0.3) is 5.91 Å². The van der Waals surface area contributed by atoms with Crippen LogP contribution in [0.2, 0.25) is 0 Å². The standard InChI is InChI=1S/C47H48N8O7/c1-24(2)39(52-46(58)60-3)45(57)55-36-19-28(36)20-37(55)43-49-33-15-13-26-18-32-30-14-12-27(17-29(30)23-62-38(32)21-31(26)41(33)51-43)34-22-48-42(50-34)35-11-8-16-54(35)44(56)40(53-47(59)61-4)25-9-6-5-7-10-25/h5-7,9-10,12-15,17-18,21-22,24,28,35-37,39-40H,8,11,16,19-20,23H2,1-4H3,(H,48,50)(H,49,51)(H,52,58)(H,53,59)/t28-,35+,36-,37+,39+,40?/m1/s1. The number of H-pyrrole nitrogens is 2. The predicted octanol–water partition coefficient (Wildman–Crippen LogP) is 7.47. The zero-order valence-electron chi connectivity index (χ0n) is 34.9. The normalized spacial score (nSPS) is 20.9. The topological polar surface area (TPSA) is 184 Å². The first kappa shape index (κ1) is 39.2. The lowest BCUT2D eigenvalue weighted by Gasteiger charge is -2.31. The Morgan fingerprint density at radius 2 is 1.66 bits per heavy atom. The van der Waals surface area contributed by atoms with Crippen molar-refractivity contribution in [1.29, 1.82) is 0 Å². The van der Waals surface area contributed by atoms with Crippen LogP contribution in [-0.4, -0.2) is 86.6 Å². The minimum atomic E-state index is -0.894. The quantitative estimate of drug-likeness (QED) is 0.115. The number of methoxy groups -OCH3 is 2. The van der Waals surface area contributed by atoms with Crippen LogP contribution in [-0.2, 0) is 25.7 Å². The van der Waals surface area contributed by atoms with E-state index in [4.69, 9.17) is 24.2 Å². The number of nitrogens with zero attached hydrogens (tertiary/aromatic N) is 4. The third-order valence-corrected chi connectivity index (χ3v) is 13.0. The third-order valence-electron chi connectivity index (χ3n) is 13.0. The Morgan fingerprint density at radius 3 is 2.45 bits per heavy atom. The second kappa shape index (κ2) is 15.5. The second-order valence-corrected chi connectivity index (χ2v) is 17.1. The van der Waals surface area contributed by atoms with Gasteiger partial charge >= 0.3 is 12.2 Å². The number of rotatable bonds is 9. The molecule has 15 nitrogen and oxygen atoms in total. The number of fused-ring (bicyclic) bond motifs is 7. The number of hydrogen-bond donors (Lipinski definition) is 4. The van der Waals surface area contributed by atoms with Gasteiger partial charge in [-0.1, -0.05) is 62.4 Å². The molecule has 6 atom stereocenters. The first-order valence-electron chi connectivity index (χ1n) is 21.2. The van der Waals surface area contributed by atoms with Gasteiger partial charge in [-0.15, -0.1) is 0 Å². The highest BCUT2D eigenvalue weighted by molar-refractivity contribution is 6.07. The van der Waals surface area contributed by atoms with Gasteiger partial charge in [-0.3, -0.25) is 9.59 Å². The molecule has 4 N–H and O–H groups in total. The van der Waals surface area contributed by atoms with Crippen molar-refractivity contribution < 1.29 is 33.4 Å².